The van der Waals surface area contributed by atoms with Crippen LogP contribution in [-0.2, 0) is 38.1 Å². The molecule has 3 heterocycles. The summed E-state index contributed by atoms with van der Waals surface area (Å²) in [6, 6.07) is 0. The molecule has 0 unspecified atom stereocenters. The van der Waals surface area contributed by atoms with E-state index in [0.29, 0.717) is 12.0 Å². The van der Waals surface area contributed by atoms with Crippen LogP contribution >= 0.6 is 0 Å². The summed E-state index contributed by atoms with van der Waals surface area (Å²) < 4.78 is 21.8. The highest BCUT2D eigenvalue weighted by atomic mass is 16.8. The summed E-state index contributed by atoms with van der Waals surface area (Å²) in [5.74, 6) is -3.23. The molecule has 3 aliphatic carbocycles. The van der Waals surface area contributed by atoms with Crippen LogP contribution in [0.1, 0.15) is 33.6 Å². The monoisotopic (exact) mass is 432 g/mol. The van der Waals surface area contributed by atoms with Gasteiger partial charge in [0.1, 0.15) is 24.9 Å². The van der Waals surface area contributed by atoms with Gasteiger partial charge in [0.15, 0.2) is 11.2 Å². The highest BCUT2D eigenvalue weighted by molar-refractivity contribution is 6.08. The predicted molar refractivity (Wildman–Crippen MR) is 98.7 cm³/mol. The molecule has 166 valence electrons. The van der Waals surface area contributed by atoms with Crippen LogP contribution in [-0.4, -0.2) is 60.0 Å². The van der Waals surface area contributed by atoms with Crippen LogP contribution in [0.2, 0.25) is 0 Å². The first-order chi connectivity index (χ1) is 14.6. The van der Waals surface area contributed by atoms with Gasteiger partial charge in [-0.15, -0.1) is 0 Å². The van der Waals surface area contributed by atoms with Crippen molar-refractivity contribution in [2.45, 2.75) is 58.2 Å². The molecule has 3 aliphatic heterocycles. The van der Waals surface area contributed by atoms with Crippen LogP contribution in [0.3, 0.4) is 0 Å². The van der Waals surface area contributed by atoms with E-state index in [-0.39, 0.29) is 18.8 Å². The number of hydrogen-bond acceptors (Lipinski definition) is 9. The summed E-state index contributed by atoms with van der Waals surface area (Å²) in [6.45, 7) is 4.96. The second kappa shape index (κ2) is 5.56. The lowest BCUT2D eigenvalue weighted by Gasteiger charge is -2.66. The first-order valence-electron chi connectivity index (χ1n) is 10.7. The molecular weight excluding hydrogens is 408 g/mol. The molecule has 9 nitrogen and oxygen atoms in total. The molecule has 3 saturated heterocycles. The summed E-state index contributed by atoms with van der Waals surface area (Å²) in [7, 11) is 0. The average molecular weight is 432 g/mol. The Kier molecular flexibility index (Phi) is 3.48. The van der Waals surface area contributed by atoms with E-state index in [2.05, 4.69) is 0 Å². The van der Waals surface area contributed by atoms with Gasteiger partial charge in [0.2, 0.25) is 6.29 Å². The molecule has 31 heavy (non-hydrogen) atoms. The molecule has 9 heteroatoms. The Morgan fingerprint density at radius 3 is 2.68 bits per heavy atom. The minimum atomic E-state index is -1.44. The van der Waals surface area contributed by atoms with Gasteiger partial charge >= 0.3 is 17.9 Å². The highest BCUT2D eigenvalue weighted by Gasteiger charge is 2.83. The number of ketones is 1. The fourth-order valence-electron chi connectivity index (χ4n) is 7.74. The van der Waals surface area contributed by atoms with Crippen LogP contribution in [0.4, 0.5) is 0 Å². The summed E-state index contributed by atoms with van der Waals surface area (Å²) in [4.78, 5) is 51.2. The smallest absolute Gasteiger partial charge is 0.334 e. The van der Waals surface area contributed by atoms with Crippen molar-refractivity contribution in [1.29, 1.82) is 0 Å². The number of ether oxygens (including phenoxy) is 4. The SMILES string of the molecule is CC(=O)O[C@H]1[C@@H](C)[C@]2(C)CC(=O)[C@]3(C(=O)O[C@H]4O[C@H]43)[C@@H]3CC=C4C(=O)OC[C@@]4([C@@H]1O)[C@H]32. The van der Waals surface area contributed by atoms with Crippen LogP contribution in [0.5, 0.6) is 0 Å². The average Bonchev–Trinajstić information content (AvgIpc) is 3.29. The lowest BCUT2D eigenvalue weighted by Crippen LogP contribution is -2.73. The number of esters is 3. The molecule has 2 spiro atoms. The fraction of sp³-hybridized carbons (Fsp3) is 0.727. The molecule has 6 rings (SSSR count). The quantitative estimate of drug-likeness (QED) is 0.269. The molecule has 0 aromatic heterocycles. The summed E-state index contributed by atoms with van der Waals surface area (Å²) in [5.41, 5.74) is -3.01. The molecule has 6 aliphatic rings. The molecule has 10 atom stereocenters. The van der Waals surface area contributed by atoms with Crippen molar-refractivity contribution in [1.82, 2.24) is 0 Å². The number of carbonyl (C=O) groups is 4. The minimum Gasteiger partial charge on any atom is -0.461 e. The van der Waals surface area contributed by atoms with Gasteiger partial charge < -0.3 is 24.1 Å². The fourth-order valence-corrected chi connectivity index (χ4v) is 7.74. The van der Waals surface area contributed by atoms with Gasteiger partial charge in [-0.2, -0.15) is 0 Å². The van der Waals surface area contributed by atoms with Crippen molar-refractivity contribution in [2.75, 3.05) is 6.61 Å². The van der Waals surface area contributed by atoms with E-state index in [1.54, 1.807) is 6.08 Å². The van der Waals surface area contributed by atoms with Gasteiger partial charge in [0, 0.05) is 24.8 Å². The van der Waals surface area contributed by atoms with E-state index in [1.165, 1.54) is 6.92 Å². The number of hydrogen-bond donors (Lipinski definition) is 1. The van der Waals surface area contributed by atoms with Gasteiger partial charge in [-0.3, -0.25) is 14.4 Å². The van der Waals surface area contributed by atoms with Crippen molar-refractivity contribution in [3.05, 3.63) is 11.6 Å². The molecule has 0 bridgehead atoms. The summed E-state index contributed by atoms with van der Waals surface area (Å²) >= 11 is 0. The van der Waals surface area contributed by atoms with Gasteiger partial charge in [-0.1, -0.05) is 19.9 Å². The van der Waals surface area contributed by atoms with E-state index >= 15 is 0 Å². The molecule has 0 aromatic rings. The van der Waals surface area contributed by atoms with Crippen LogP contribution in [0.15, 0.2) is 11.6 Å². The zero-order valence-corrected chi connectivity index (χ0v) is 17.5. The summed E-state index contributed by atoms with van der Waals surface area (Å²) in [5, 5.41) is 11.6. The number of epoxide rings is 1. The molecular formula is C22H24O9. The van der Waals surface area contributed by atoms with Crippen LogP contribution in [0.25, 0.3) is 0 Å². The molecule has 2 saturated carbocycles. The van der Waals surface area contributed by atoms with Crippen molar-refractivity contribution in [2.24, 2.45) is 34.0 Å². The molecule has 0 amide bonds. The third kappa shape index (κ3) is 1.92. The Balaban J connectivity index is 1.59. The topological polar surface area (TPSA) is 129 Å². The number of allylic oxidation sites excluding steroid dienone is 1. The van der Waals surface area contributed by atoms with Crippen molar-refractivity contribution >= 4 is 23.7 Å². The predicted octanol–water partition coefficient (Wildman–Crippen LogP) is 0.282. The van der Waals surface area contributed by atoms with Gasteiger partial charge in [-0.25, -0.2) is 4.79 Å². The molecule has 1 N–H and O–H groups in total. The van der Waals surface area contributed by atoms with E-state index in [1.807, 2.05) is 13.8 Å². The largest absolute Gasteiger partial charge is 0.461 e. The lowest BCUT2D eigenvalue weighted by molar-refractivity contribution is -0.243. The number of carbonyl (C=O) groups excluding carboxylic acids is 4. The first kappa shape index (κ1) is 19.4. The van der Waals surface area contributed by atoms with Crippen molar-refractivity contribution in [3.8, 4) is 0 Å². The standard InChI is InChI=1S/C22H24O9/c1-8-13(29-9(2)23)15(25)21-7-28-17(26)11(21)5-4-10-14(21)20(8,3)6-12(24)22(10)16-18(30-16)31-19(22)27/h5,8,10,13-16,18,25H,4,6-7H2,1-3H3/t8-,10-,13+,14-,15-,16-,18-,20+,21+,22-/m1/s1. The second-order valence-electron chi connectivity index (χ2n) is 10.2. The Bertz CT molecular complexity index is 985. The van der Waals surface area contributed by atoms with Crippen molar-refractivity contribution in [3.63, 3.8) is 0 Å². The zero-order valence-electron chi connectivity index (χ0n) is 17.5. The summed E-state index contributed by atoms with van der Waals surface area (Å²) in [6.07, 6.45) is -1.46. The Morgan fingerprint density at radius 2 is 2.03 bits per heavy atom. The highest BCUT2D eigenvalue weighted by Crippen LogP contribution is 2.73. The maximum Gasteiger partial charge on any atom is 0.334 e. The number of fused-ring (bicyclic) bond motifs is 3. The Hall–Kier alpha value is -2.26. The minimum absolute atomic E-state index is 0.0325. The lowest BCUT2D eigenvalue weighted by atomic mass is 9.36. The first-order valence-corrected chi connectivity index (χ1v) is 10.7. The van der Waals surface area contributed by atoms with Gasteiger partial charge in [0.25, 0.3) is 0 Å². The van der Waals surface area contributed by atoms with Gasteiger partial charge in [0.05, 0.1) is 5.41 Å². The number of aliphatic hydroxyl groups excluding tert-OH is 1. The van der Waals surface area contributed by atoms with Gasteiger partial charge in [-0.05, 0) is 23.7 Å². The molecule has 5 fully saturated rings. The second-order valence-corrected chi connectivity index (χ2v) is 10.2. The third-order valence-corrected chi connectivity index (χ3v) is 9.13. The molecule has 0 radical (unpaired) electrons. The van der Waals surface area contributed by atoms with E-state index < -0.39 is 76.5 Å². The maximum absolute atomic E-state index is 13.7. The number of Topliss-reactive ketones (excluding diaryl/α,β-unsaturated/α-hetero) is 1. The van der Waals surface area contributed by atoms with Crippen LogP contribution in [0, 0.1) is 34.0 Å². The molecule has 0 aromatic carbocycles. The van der Waals surface area contributed by atoms with Crippen molar-refractivity contribution < 1.29 is 43.2 Å². The van der Waals surface area contributed by atoms with E-state index in [4.69, 9.17) is 18.9 Å². The number of cyclic esters (lactones) is 1. The normalized spacial score (nSPS) is 53.7. The number of aliphatic hydroxyl groups is 1. The Labute approximate surface area is 178 Å². The van der Waals surface area contributed by atoms with Crippen LogP contribution < -0.4 is 0 Å². The van der Waals surface area contributed by atoms with E-state index in [0.717, 1.165) is 0 Å². The zero-order chi connectivity index (χ0) is 22.1. The van der Waals surface area contributed by atoms with E-state index in [9.17, 15) is 24.3 Å². The Morgan fingerprint density at radius 1 is 1.29 bits per heavy atom. The number of rotatable bonds is 1. The third-order valence-electron chi connectivity index (χ3n) is 9.13. The maximum atomic E-state index is 13.7.